The Labute approximate surface area is 96.0 Å². The zero-order valence-corrected chi connectivity index (χ0v) is 9.10. The first kappa shape index (κ1) is 11.7. The van der Waals surface area contributed by atoms with E-state index in [2.05, 4.69) is 4.98 Å². The van der Waals surface area contributed by atoms with Crippen molar-refractivity contribution in [1.29, 1.82) is 5.26 Å². The van der Waals surface area contributed by atoms with Crippen molar-refractivity contribution in [2.45, 2.75) is 6.43 Å². The van der Waals surface area contributed by atoms with Crippen molar-refractivity contribution < 1.29 is 13.7 Å². The van der Waals surface area contributed by atoms with Gasteiger partial charge in [-0.2, -0.15) is 5.26 Å². The fourth-order valence-electron chi connectivity index (χ4n) is 0.909. The van der Waals surface area contributed by atoms with Gasteiger partial charge in [0.2, 0.25) is 0 Å². The van der Waals surface area contributed by atoms with Gasteiger partial charge in [0, 0.05) is 9.64 Å². The van der Waals surface area contributed by atoms with Gasteiger partial charge >= 0.3 is 5.82 Å². The van der Waals surface area contributed by atoms with Gasteiger partial charge in [-0.25, -0.2) is 8.78 Å². The second-order valence-corrected chi connectivity index (χ2v) is 3.56. The molecule has 0 aliphatic heterocycles. The summed E-state index contributed by atoms with van der Waals surface area (Å²) >= 11 is 1.51. The Morgan fingerprint density at radius 2 is 2.27 bits per heavy atom. The van der Waals surface area contributed by atoms with Crippen LogP contribution in [0, 0.1) is 25.0 Å². The average molecular weight is 325 g/mol. The van der Waals surface area contributed by atoms with Gasteiger partial charge in [0.15, 0.2) is 0 Å². The van der Waals surface area contributed by atoms with Gasteiger partial charge in [0.05, 0.1) is 0 Å². The molecule has 0 saturated heterocycles. The van der Waals surface area contributed by atoms with Gasteiger partial charge in [-0.1, -0.05) is 0 Å². The fraction of sp³-hybridized carbons (Fsp3) is 0.143. The van der Waals surface area contributed by atoms with Gasteiger partial charge in [-0.15, -0.1) is 0 Å². The van der Waals surface area contributed by atoms with Crippen LogP contribution in [0.1, 0.15) is 17.7 Å². The molecule has 0 fully saturated rings. The summed E-state index contributed by atoms with van der Waals surface area (Å²) in [5.41, 5.74) is -1.00. The van der Waals surface area contributed by atoms with E-state index >= 15 is 0 Å². The highest BCUT2D eigenvalue weighted by Gasteiger charge is 2.28. The summed E-state index contributed by atoms with van der Waals surface area (Å²) < 4.78 is 24.9. The van der Waals surface area contributed by atoms with E-state index < -0.39 is 22.7 Å². The molecule has 1 aromatic rings. The number of pyridine rings is 1. The molecular weight excluding hydrogens is 323 g/mol. The summed E-state index contributed by atoms with van der Waals surface area (Å²) in [6, 6.07) is 2.64. The maximum Gasteiger partial charge on any atom is 0.374 e. The van der Waals surface area contributed by atoms with E-state index in [4.69, 9.17) is 5.26 Å². The molecule has 0 N–H and O–H groups in total. The Bertz CT molecular complexity index is 458. The lowest BCUT2D eigenvalue weighted by Gasteiger charge is -2.03. The average Bonchev–Trinajstić information content (AvgIpc) is 2.15. The third-order valence-electron chi connectivity index (χ3n) is 1.49. The van der Waals surface area contributed by atoms with Crippen molar-refractivity contribution in [3.8, 4) is 6.07 Å². The third-order valence-corrected chi connectivity index (χ3v) is 2.39. The van der Waals surface area contributed by atoms with E-state index in [1.807, 2.05) is 0 Å². The molecule has 0 saturated carbocycles. The predicted molar refractivity (Wildman–Crippen MR) is 53.3 cm³/mol. The summed E-state index contributed by atoms with van der Waals surface area (Å²) in [7, 11) is 0. The maximum atomic E-state index is 12.5. The zero-order valence-electron chi connectivity index (χ0n) is 6.95. The van der Waals surface area contributed by atoms with E-state index in [0.29, 0.717) is 0 Å². The molecule has 78 valence electrons. The Kier molecular flexibility index (Phi) is 3.46. The molecule has 0 aliphatic rings. The molecule has 5 nitrogen and oxygen atoms in total. The van der Waals surface area contributed by atoms with Crippen molar-refractivity contribution in [1.82, 2.24) is 4.98 Å². The maximum absolute atomic E-state index is 12.5. The van der Waals surface area contributed by atoms with Crippen molar-refractivity contribution in [2.24, 2.45) is 0 Å². The van der Waals surface area contributed by atoms with Gasteiger partial charge < -0.3 is 10.1 Å². The molecule has 0 unspecified atom stereocenters. The summed E-state index contributed by atoms with van der Waals surface area (Å²) in [4.78, 5) is 12.6. The van der Waals surface area contributed by atoms with Crippen molar-refractivity contribution in [3.05, 3.63) is 31.0 Å². The van der Waals surface area contributed by atoms with Crippen molar-refractivity contribution in [2.75, 3.05) is 0 Å². The first-order valence-electron chi connectivity index (χ1n) is 3.50. The van der Waals surface area contributed by atoms with E-state index in [-0.39, 0.29) is 9.26 Å². The molecule has 0 aliphatic carbocycles. The molecule has 1 aromatic heterocycles. The van der Waals surface area contributed by atoms with Gasteiger partial charge in [-0.3, -0.25) is 0 Å². The molecule has 0 radical (unpaired) electrons. The molecule has 1 rings (SSSR count). The predicted octanol–water partition coefficient (Wildman–Crippen LogP) is 2.40. The van der Waals surface area contributed by atoms with Crippen LogP contribution in [0.5, 0.6) is 0 Å². The Hall–Kier alpha value is -1.37. The lowest BCUT2D eigenvalue weighted by molar-refractivity contribution is -0.391. The molecule has 0 spiro atoms. The number of hydrogen-bond donors (Lipinski definition) is 0. The highest BCUT2D eigenvalue weighted by molar-refractivity contribution is 14.1. The standard InChI is InChI=1S/C7H2F2IN3O2/c8-6(9)5-4(10)1-3(2-11)12-7(5)13(14)15/h1,6H. The van der Waals surface area contributed by atoms with Crippen LogP contribution < -0.4 is 0 Å². The highest BCUT2D eigenvalue weighted by Crippen LogP contribution is 2.31. The molecule has 0 amide bonds. The second kappa shape index (κ2) is 4.43. The number of nitrogens with zero attached hydrogens (tertiary/aromatic N) is 3. The summed E-state index contributed by atoms with van der Waals surface area (Å²) in [6.45, 7) is 0. The van der Waals surface area contributed by atoms with Crippen molar-refractivity contribution in [3.63, 3.8) is 0 Å². The van der Waals surface area contributed by atoms with E-state index in [1.165, 1.54) is 22.6 Å². The Morgan fingerprint density at radius 1 is 1.67 bits per heavy atom. The van der Waals surface area contributed by atoms with E-state index in [1.54, 1.807) is 6.07 Å². The number of halogens is 3. The van der Waals surface area contributed by atoms with Crippen molar-refractivity contribution >= 4 is 28.4 Å². The molecule has 1 heterocycles. The fourth-order valence-corrected chi connectivity index (χ4v) is 1.68. The van der Waals surface area contributed by atoms with Crippen LogP contribution in [0.3, 0.4) is 0 Å². The minimum absolute atomic E-state index is 0.0409. The van der Waals surface area contributed by atoms with E-state index in [9.17, 15) is 18.9 Å². The minimum Gasteiger partial charge on any atom is -0.358 e. The van der Waals surface area contributed by atoms with Crippen LogP contribution in [0.15, 0.2) is 6.07 Å². The van der Waals surface area contributed by atoms with Gasteiger partial charge in [0.25, 0.3) is 12.1 Å². The number of aromatic nitrogens is 1. The monoisotopic (exact) mass is 325 g/mol. The summed E-state index contributed by atoms with van der Waals surface area (Å²) in [6.07, 6.45) is -2.99. The minimum atomic E-state index is -2.99. The normalized spacial score (nSPS) is 10.1. The smallest absolute Gasteiger partial charge is 0.358 e. The van der Waals surface area contributed by atoms with Crippen LogP contribution in [-0.2, 0) is 0 Å². The zero-order chi connectivity index (χ0) is 11.6. The first-order valence-corrected chi connectivity index (χ1v) is 4.58. The SMILES string of the molecule is N#Cc1cc(I)c(C(F)F)c([N+](=O)[O-])n1. The quantitative estimate of drug-likeness (QED) is 0.475. The highest BCUT2D eigenvalue weighted by atomic mass is 127. The Morgan fingerprint density at radius 3 is 2.67 bits per heavy atom. The lowest BCUT2D eigenvalue weighted by atomic mass is 10.2. The van der Waals surface area contributed by atoms with Crippen LogP contribution >= 0.6 is 22.6 Å². The number of rotatable bonds is 2. The van der Waals surface area contributed by atoms with Crippen LogP contribution in [0.2, 0.25) is 0 Å². The largest absolute Gasteiger partial charge is 0.374 e. The van der Waals surface area contributed by atoms with E-state index in [0.717, 1.165) is 6.07 Å². The number of nitro groups is 1. The Balaban J connectivity index is 3.51. The van der Waals surface area contributed by atoms with Gasteiger partial charge in [0.1, 0.15) is 11.6 Å². The number of hydrogen-bond acceptors (Lipinski definition) is 4. The molecule has 15 heavy (non-hydrogen) atoms. The molecular formula is C7H2F2IN3O2. The van der Waals surface area contributed by atoms with Crippen LogP contribution in [0.25, 0.3) is 0 Å². The summed E-state index contributed by atoms with van der Waals surface area (Å²) in [5, 5.41) is 18.9. The van der Waals surface area contributed by atoms with Gasteiger partial charge in [-0.05, 0) is 32.5 Å². The molecule has 0 bridgehead atoms. The topological polar surface area (TPSA) is 79.8 Å². The molecule has 8 heteroatoms. The summed E-state index contributed by atoms with van der Waals surface area (Å²) in [5.74, 6) is -0.964. The lowest BCUT2D eigenvalue weighted by Crippen LogP contribution is -2.03. The number of alkyl halides is 2. The number of nitriles is 1. The third kappa shape index (κ3) is 2.35. The molecule has 0 atom stereocenters. The first-order chi connectivity index (χ1) is 6.97. The van der Waals surface area contributed by atoms with Crippen LogP contribution in [-0.4, -0.2) is 9.91 Å². The van der Waals surface area contributed by atoms with Crippen LogP contribution in [0.4, 0.5) is 14.6 Å². The molecule has 0 aromatic carbocycles. The second-order valence-electron chi connectivity index (χ2n) is 2.40.